The zero-order valence-electron chi connectivity index (χ0n) is 23.2. The minimum atomic E-state index is -3.61. The molecule has 0 radical (unpaired) electrons. The molecule has 0 saturated heterocycles. The molecule has 3 aromatic carbocycles. The Kier molecular flexibility index (Phi) is 8.94. The van der Waals surface area contributed by atoms with Crippen LogP contribution >= 0.6 is 0 Å². The summed E-state index contributed by atoms with van der Waals surface area (Å²) >= 11 is 0. The number of amides is 1. The molecular weight excluding hydrogens is 516 g/mol. The first kappa shape index (κ1) is 29.3. The predicted molar refractivity (Wildman–Crippen MR) is 157 cm³/mol. The first-order chi connectivity index (χ1) is 17.6. The van der Waals surface area contributed by atoms with Crippen molar-refractivity contribution in [2.75, 3.05) is 11.0 Å². The largest absolute Gasteiger partial charge is 0.536 e. The number of alkyl carbamates (subject to hydrolysis) is 1. The molecule has 0 heterocycles. The van der Waals surface area contributed by atoms with Crippen molar-refractivity contribution < 1.29 is 22.4 Å². The molecule has 0 atom stereocenters. The van der Waals surface area contributed by atoms with Gasteiger partial charge in [-0.05, 0) is 48.2 Å². The first-order valence-corrected chi connectivity index (χ1v) is 16.0. The number of ether oxygens (including phenoxy) is 1. The quantitative estimate of drug-likeness (QED) is 0.405. The number of sulfonamides is 1. The van der Waals surface area contributed by atoms with Gasteiger partial charge in [0.15, 0.2) is 0 Å². The van der Waals surface area contributed by atoms with E-state index >= 15 is 0 Å². The summed E-state index contributed by atoms with van der Waals surface area (Å²) in [7, 11) is -5.95. The third-order valence-electron chi connectivity index (χ3n) is 5.61. The number of hydrogen-bond acceptors (Lipinski definition) is 5. The van der Waals surface area contributed by atoms with E-state index in [9.17, 15) is 13.2 Å². The number of anilines is 1. The maximum Gasteiger partial charge on any atom is 0.407 e. The van der Waals surface area contributed by atoms with Gasteiger partial charge >= 0.3 is 6.09 Å². The van der Waals surface area contributed by atoms with E-state index in [0.717, 1.165) is 22.2 Å². The van der Waals surface area contributed by atoms with Gasteiger partial charge < -0.3 is 14.5 Å². The normalized spacial score (nSPS) is 12.2. The highest BCUT2D eigenvalue weighted by Crippen LogP contribution is 2.38. The van der Waals surface area contributed by atoms with Crippen LogP contribution in [0.25, 0.3) is 0 Å². The summed E-state index contributed by atoms with van der Waals surface area (Å²) in [6.07, 6.45) is 0.542. The molecule has 204 valence electrons. The lowest BCUT2D eigenvalue weighted by atomic mass is 9.83. The predicted octanol–water partition coefficient (Wildman–Crippen LogP) is 4.30. The molecule has 1 amide bonds. The molecule has 2 N–H and O–H groups in total. The summed E-state index contributed by atoms with van der Waals surface area (Å²) < 4.78 is 39.7. The SMILES string of the molecule is CC(C)(C)OC(=O)NCc1c(C(C)(C)C)ccc(NS(C)(=O)=O)c1O[SiH](c1ccccc1)c1ccccc1. The molecule has 0 fully saturated rings. The Morgan fingerprint density at radius 3 is 1.82 bits per heavy atom. The van der Waals surface area contributed by atoms with Gasteiger partial charge in [0.1, 0.15) is 11.4 Å². The lowest BCUT2D eigenvalue weighted by Gasteiger charge is -2.29. The Labute approximate surface area is 228 Å². The number of carbonyl (C=O) groups excluding carboxylic acids is 1. The number of benzene rings is 3. The van der Waals surface area contributed by atoms with Crippen LogP contribution in [-0.4, -0.2) is 35.4 Å². The molecule has 0 saturated carbocycles. The van der Waals surface area contributed by atoms with Crippen LogP contribution in [0, 0.1) is 0 Å². The van der Waals surface area contributed by atoms with E-state index in [2.05, 4.69) is 30.8 Å². The van der Waals surface area contributed by atoms with Crippen LogP contribution in [0.3, 0.4) is 0 Å². The van der Waals surface area contributed by atoms with Gasteiger partial charge in [-0.15, -0.1) is 0 Å². The average Bonchev–Trinajstić information content (AvgIpc) is 2.80. The molecular formula is C29H38N2O5SSi. The standard InChI is InChI=1S/C29H38N2O5SSi/c1-28(2,3)24-18-19-25(31-37(7,33)34)26(23(24)20-30-27(32)35-29(4,5)6)36-38(21-14-10-8-11-15-21)22-16-12-9-13-17-22/h8-19,31,38H,20H2,1-7H3,(H,30,32). The maximum absolute atomic E-state index is 12.6. The molecule has 3 rings (SSSR count). The van der Waals surface area contributed by atoms with Gasteiger partial charge in [0.05, 0.1) is 18.5 Å². The maximum atomic E-state index is 12.6. The second-order valence-corrected chi connectivity index (χ2v) is 15.3. The molecule has 0 aliphatic carbocycles. The van der Waals surface area contributed by atoms with Crippen molar-refractivity contribution in [2.45, 2.75) is 59.1 Å². The smallest absolute Gasteiger partial charge is 0.407 e. The highest BCUT2D eigenvalue weighted by atomic mass is 32.2. The van der Waals surface area contributed by atoms with Crippen molar-refractivity contribution >= 4 is 41.2 Å². The second-order valence-electron chi connectivity index (χ2n) is 11.3. The van der Waals surface area contributed by atoms with Crippen molar-refractivity contribution in [2.24, 2.45) is 0 Å². The van der Waals surface area contributed by atoms with E-state index in [4.69, 9.17) is 9.16 Å². The van der Waals surface area contributed by atoms with Crippen LogP contribution in [0.5, 0.6) is 5.75 Å². The first-order valence-electron chi connectivity index (χ1n) is 12.5. The Hall–Kier alpha value is -3.30. The monoisotopic (exact) mass is 554 g/mol. The molecule has 0 aliphatic heterocycles. The summed E-state index contributed by atoms with van der Waals surface area (Å²) in [6, 6.07) is 23.5. The molecule has 38 heavy (non-hydrogen) atoms. The molecule has 3 aromatic rings. The van der Waals surface area contributed by atoms with Crippen molar-refractivity contribution in [3.8, 4) is 5.75 Å². The van der Waals surface area contributed by atoms with Crippen molar-refractivity contribution in [3.05, 3.63) is 83.9 Å². The lowest BCUT2D eigenvalue weighted by molar-refractivity contribution is 0.0523. The van der Waals surface area contributed by atoms with E-state index in [-0.39, 0.29) is 12.0 Å². The fraction of sp³-hybridized carbons (Fsp3) is 0.345. The van der Waals surface area contributed by atoms with Crippen LogP contribution in [0.2, 0.25) is 0 Å². The van der Waals surface area contributed by atoms with E-state index < -0.39 is 30.8 Å². The van der Waals surface area contributed by atoms with Gasteiger partial charge in [-0.1, -0.05) is 87.5 Å². The zero-order chi connectivity index (χ0) is 28.1. The average molecular weight is 555 g/mol. The Balaban J connectivity index is 2.20. The Morgan fingerprint density at radius 2 is 1.37 bits per heavy atom. The van der Waals surface area contributed by atoms with Crippen LogP contribution < -0.4 is 24.8 Å². The minimum Gasteiger partial charge on any atom is -0.536 e. The fourth-order valence-corrected chi connectivity index (χ4v) is 6.96. The van der Waals surface area contributed by atoms with Crippen LogP contribution in [0.15, 0.2) is 72.8 Å². The van der Waals surface area contributed by atoms with E-state index in [1.54, 1.807) is 26.8 Å². The van der Waals surface area contributed by atoms with E-state index in [1.165, 1.54) is 0 Å². The van der Waals surface area contributed by atoms with Gasteiger partial charge in [-0.25, -0.2) is 13.2 Å². The van der Waals surface area contributed by atoms with Gasteiger partial charge in [-0.2, -0.15) is 0 Å². The highest BCUT2D eigenvalue weighted by molar-refractivity contribution is 7.92. The Bertz CT molecular complexity index is 1310. The van der Waals surface area contributed by atoms with Crippen molar-refractivity contribution in [1.82, 2.24) is 5.32 Å². The summed E-state index contributed by atoms with van der Waals surface area (Å²) in [4.78, 5) is 12.6. The molecule has 0 bridgehead atoms. The molecule has 0 spiro atoms. The summed E-state index contributed by atoms with van der Waals surface area (Å²) in [5, 5.41) is 4.92. The third kappa shape index (κ3) is 8.36. The molecule has 0 unspecified atom stereocenters. The molecule has 9 heteroatoms. The third-order valence-corrected chi connectivity index (χ3v) is 8.66. The molecule has 0 aliphatic rings. The molecule has 7 nitrogen and oxygen atoms in total. The molecule has 0 aromatic heterocycles. The number of carbonyl (C=O) groups is 1. The van der Waals surface area contributed by atoms with E-state index in [0.29, 0.717) is 17.0 Å². The summed E-state index contributed by atoms with van der Waals surface area (Å²) in [5.74, 6) is 0.406. The lowest BCUT2D eigenvalue weighted by Crippen LogP contribution is -2.48. The summed E-state index contributed by atoms with van der Waals surface area (Å²) in [5.41, 5.74) is 0.973. The number of nitrogens with one attached hydrogen (secondary N) is 2. The Morgan fingerprint density at radius 1 is 0.842 bits per heavy atom. The van der Waals surface area contributed by atoms with Crippen molar-refractivity contribution in [1.29, 1.82) is 0 Å². The second kappa shape index (κ2) is 11.6. The van der Waals surface area contributed by atoms with Gasteiger partial charge in [0.25, 0.3) is 9.04 Å². The van der Waals surface area contributed by atoms with Gasteiger partial charge in [0.2, 0.25) is 10.0 Å². The van der Waals surface area contributed by atoms with Crippen LogP contribution in [0.4, 0.5) is 10.5 Å². The van der Waals surface area contributed by atoms with Gasteiger partial charge in [0, 0.05) is 5.56 Å². The number of hydrogen-bond donors (Lipinski definition) is 2. The number of rotatable bonds is 8. The van der Waals surface area contributed by atoms with Crippen LogP contribution in [0.1, 0.15) is 52.7 Å². The zero-order valence-corrected chi connectivity index (χ0v) is 25.1. The van der Waals surface area contributed by atoms with Crippen LogP contribution in [-0.2, 0) is 26.7 Å². The fourth-order valence-electron chi connectivity index (χ4n) is 4.10. The minimum absolute atomic E-state index is 0.0980. The van der Waals surface area contributed by atoms with E-state index in [1.807, 2.05) is 66.7 Å². The van der Waals surface area contributed by atoms with Gasteiger partial charge in [-0.3, -0.25) is 4.72 Å². The van der Waals surface area contributed by atoms with Crippen molar-refractivity contribution in [3.63, 3.8) is 0 Å². The highest BCUT2D eigenvalue weighted by Gasteiger charge is 2.28. The summed E-state index contributed by atoms with van der Waals surface area (Å²) in [6.45, 7) is 11.7. The topological polar surface area (TPSA) is 93.7 Å².